The summed E-state index contributed by atoms with van der Waals surface area (Å²) in [6, 6.07) is 26.9. The molecule has 4 aromatic rings. The normalized spacial score (nSPS) is 12.4. The maximum atomic E-state index is 14.7. The van der Waals surface area contributed by atoms with Crippen molar-refractivity contribution in [3.05, 3.63) is 114 Å². The molecule has 266 valence electrons. The van der Waals surface area contributed by atoms with Crippen LogP contribution in [0, 0.1) is 6.92 Å². The van der Waals surface area contributed by atoms with Crippen molar-refractivity contribution in [3.63, 3.8) is 0 Å². The summed E-state index contributed by atoms with van der Waals surface area (Å²) < 4.78 is 46.4. The first kappa shape index (κ1) is 37.8. The molecular weight excluding hydrogens is 655 g/mol. The van der Waals surface area contributed by atoms with Crippen molar-refractivity contribution in [2.24, 2.45) is 0 Å². The van der Waals surface area contributed by atoms with E-state index in [-0.39, 0.29) is 41.2 Å². The number of carbonyl (C=O) groups excluding carboxylic acids is 2. The third-order valence-corrected chi connectivity index (χ3v) is 10.2. The molecule has 0 aliphatic carbocycles. The highest BCUT2D eigenvalue weighted by Gasteiger charge is 2.35. The van der Waals surface area contributed by atoms with Gasteiger partial charge in [0, 0.05) is 25.1 Å². The molecule has 50 heavy (non-hydrogen) atoms. The highest BCUT2D eigenvalue weighted by molar-refractivity contribution is 7.92. The van der Waals surface area contributed by atoms with Gasteiger partial charge in [-0.25, -0.2) is 8.42 Å². The van der Waals surface area contributed by atoms with Gasteiger partial charge < -0.3 is 24.4 Å². The van der Waals surface area contributed by atoms with E-state index >= 15 is 0 Å². The quantitative estimate of drug-likeness (QED) is 0.140. The van der Waals surface area contributed by atoms with Crippen molar-refractivity contribution in [2.75, 3.05) is 31.7 Å². The van der Waals surface area contributed by atoms with Gasteiger partial charge in [-0.2, -0.15) is 0 Å². The van der Waals surface area contributed by atoms with Crippen LogP contribution in [0.4, 0.5) is 5.69 Å². The van der Waals surface area contributed by atoms with E-state index in [1.165, 1.54) is 37.3 Å². The second-order valence-electron chi connectivity index (χ2n) is 12.0. The SMILES string of the molecule is CCOc1ccc(N(CC(=O)N(Cc2ccc(C)cc2)[C@H](Cc2ccccc2)C(=O)N[C@H](C)CC)S(=O)(=O)c2ccc(OC)c(OC)c2)cc1. The number of rotatable bonds is 17. The Morgan fingerprint density at radius 3 is 2.08 bits per heavy atom. The van der Waals surface area contributed by atoms with Crippen LogP contribution >= 0.6 is 0 Å². The lowest BCUT2D eigenvalue weighted by Crippen LogP contribution is -2.54. The number of carbonyl (C=O) groups is 2. The number of hydrogen-bond donors (Lipinski definition) is 1. The number of nitrogens with zero attached hydrogens (tertiary/aromatic N) is 2. The molecule has 0 bridgehead atoms. The van der Waals surface area contributed by atoms with Gasteiger partial charge in [-0.1, -0.05) is 67.1 Å². The molecule has 4 aromatic carbocycles. The number of nitrogens with one attached hydrogen (secondary N) is 1. The zero-order valence-electron chi connectivity index (χ0n) is 29.6. The van der Waals surface area contributed by atoms with Crippen molar-refractivity contribution in [3.8, 4) is 17.2 Å². The lowest BCUT2D eigenvalue weighted by atomic mass is 10.0. The van der Waals surface area contributed by atoms with Crippen molar-refractivity contribution >= 4 is 27.5 Å². The zero-order valence-corrected chi connectivity index (χ0v) is 30.4. The lowest BCUT2D eigenvalue weighted by molar-refractivity contribution is -0.140. The summed E-state index contributed by atoms with van der Waals surface area (Å²) in [5.74, 6) is 0.257. The lowest BCUT2D eigenvalue weighted by Gasteiger charge is -2.34. The molecule has 4 rings (SSSR count). The molecular formula is C39H47N3O7S. The maximum absolute atomic E-state index is 14.7. The molecule has 2 atom stereocenters. The smallest absolute Gasteiger partial charge is 0.264 e. The number of aryl methyl sites for hydroxylation is 1. The van der Waals surface area contributed by atoms with Crippen LogP contribution < -0.4 is 23.8 Å². The zero-order chi connectivity index (χ0) is 36.3. The second-order valence-corrected chi connectivity index (χ2v) is 13.8. The number of anilines is 1. The van der Waals surface area contributed by atoms with E-state index in [0.717, 1.165) is 21.0 Å². The highest BCUT2D eigenvalue weighted by Crippen LogP contribution is 2.33. The fourth-order valence-electron chi connectivity index (χ4n) is 5.39. The average Bonchev–Trinajstić information content (AvgIpc) is 3.13. The van der Waals surface area contributed by atoms with Crippen LogP contribution in [-0.4, -0.2) is 64.6 Å². The van der Waals surface area contributed by atoms with E-state index in [0.29, 0.717) is 24.5 Å². The largest absolute Gasteiger partial charge is 0.494 e. The van der Waals surface area contributed by atoms with Crippen LogP contribution in [0.1, 0.15) is 43.9 Å². The Hall–Kier alpha value is -5.03. The first-order valence-electron chi connectivity index (χ1n) is 16.7. The summed E-state index contributed by atoms with van der Waals surface area (Å²) in [5, 5.41) is 3.06. The Labute approximate surface area is 296 Å². The first-order valence-corrected chi connectivity index (χ1v) is 18.1. The molecule has 0 radical (unpaired) electrons. The van der Waals surface area contributed by atoms with Gasteiger partial charge in [-0.15, -0.1) is 0 Å². The Kier molecular flexibility index (Phi) is 13.3. The number of ether oxygens (including phenoxy) is 3. The van der Waals surface area contributed by atoms with E-state index in [1.54, 1.807) is 24.3 Å². The third kappa shape index (κ3) is 9.56. The summed E-state index contributed by atoms with van der Waals surface area (Å²) in [5.41, 5.74) is 2.95. The van der Waals surface area contributed by atoms with Gasteiger partial charge in [-0.3, -0.25) is 13.9 Å². The van der Waals surface area contributed by atoms with Gasteiger partial charge in [0.25, 0.3) is 10.0 Å². The molecule has 2 amide bonds. The Morgan fingerprint density at radius 2 is 1.48 bits per heavy atom. The summed E-state index contributed by atoms with van der Waals surface area (Å²) in [7, 11) is -1.48. The summed E-state index contributed by atoms with van der Waals surface area (Å²) >= 11 is 0. The molecule has 0 heterocycles. The fourth-order valence-corrected chi connectivity index (χ4v) is 6.82. The van der Waals surface area contributed by atoms with E-state index < -0.39 is 28.5 Å². The van der Waals surface area contributed by atoms with Crippen LogP contribution in [0.15, 0.2) is 102 Å². The molecule has 0 aliphatic heterocycles. The summed E-state index contributed by atoms with van der Waals surface area (Å²) in [4.78, 5) is 30.2. The molecule has 0 fully saturated rings. The van der Waals surface area contributed by atoms with Gasteiger partial charge >= 0.3 is 0 Å². The number of benzene rings is 4. The number of amides is 2. The number of hydrogen-bond acceptors (Lipinski definition) is 7. The van der Waals surface area contributed by atoms with Crippen LogP contribution in [0.2, 0.25) is 0 Å². The van der Waals surface area contributed by atoms with Crippen LogP contribution in [0.5, 0.6) is 17.2 Å². The van der Waals surface area contributed by atoms with Crippen LogP contribution in [0.25, 0.3) is 0 Å². The van der Waals surface area contributed by atoms with Crippen molar-refractivity contribution in [1.29, 1.82) is 0 Å². The molecule has 0 unspecified atom stereocenters. The van der Waals surface area contributed by atoms with Crippen molar-refractivity contribution in [1.82, 2.24) is 10.2 Å². The topological polar surface area (TPSA) is 114 Å². The summed E-state index contributed by atoms with van der Waals surface area (Å²) in [6.45, 7) is 7.63. The Bertz CT molecular complexity index is 1820. The number of sulfonamides is 1. The summed E-state index contributed by atoms with van der Waals surface area (Å²) in [6.07, 6.45) is 0.928. The first-order chi connectivity index (χ1) is 24.0. The van der Waals surface area contributed by atoms with Gasteiger partial charge in [0.2, 0.25) is 11.8 Å². The van der Waals surface area contributed by atoms with E-state index in [2.05, 4.69) is 5.32 Å². The predicted molar refractivity (Wildman–Crippen MR) is 195 cm³/mol. The van der Waals surface area contributed by atoms with Crippen LogP contribution in [0.3, 0.4) is 0 Å². The Morgan fingerprint density at radius 1 is 0.820 bits per heavy atom. The van der Waals surface area contributed by atoms with E-state index in [9.17, 15) is 18.0 Å². The van der Waals surface area contributed by atoms with Gasteiger partial charge in [-0.05, 0) is 74.7 Å². The molecule has 11 heteroatoms. The third-order valence-electron chi connectivity index (χ3n) is 8.40. The molecule has 0 aliphatic rings. The second kappa shape index (κ2) is 17.6. The van der Waals surface area contributed by atoms with Crippen molar-refractivity contribution in [2.45, 2.75) is 64.1 Å². The minimum Gasteiger partial charge on any atom is -0.494 e. The van der Waals surface area contributed by atoms with E-state index in [4.69, 9.17) is 14.2 Å². The van der Waals surface area contributed by atoms with Gasteiger partial charge in [0.05, 0.1) is 31.4 Å². The molecule has 10 nitrogen and oxygen atoms in total. The average molecular weight is 702 g/mol. The molecule has 0 aromatic heterocycles. The fraction of sp³-hybridized carbons (Fsp3) is 0.333. The maximum Gasteiger partial charge on any atom is 0.264 e. The van der Waals surface area contributed by atoms with E-state index in [1.807, 2.05) is 82.3 Å². The minimum absolute atomic E-state index is 0.0814. The van der Waals surface area contributed by atoms with Crippen LogP contribution in [-0.2, 0) is 32.6 Å². The van der Waals surface area contributed by atoms with Gasteiger partial charge in [0.15, 0.2) is 11.5 Å². The highest BCUT2D eigenvalue weighted by atomic mass is 32.2. The van der Waals surface area contributed by atoms with Gasteiger partial charge in [0.1, 0.15) is 18.3 Å². The molecule has 0 spiro atoms. The standard InChI is InChI=1S/C39H47N3O7S/c1-7-29(4)40-39(44)35(24-30-12-10-9-11-13-30)41(26-31-16-14-28(3)15-17-31)38(43)27-42(32-18-20-33(21-19-32)49-8-2)50(45,46)34-22-23-36(47-5)37(25-34)48-6/h9-23,25,29,35H,7-8,24,26-27H2,1-6H3,(H,40,44)/t29-,35-/m1/s1. The number of methoxy groups -OCH3 is 2. The minimum atomic E-state index is -4.36. The monoisotopic (exact) mass is 701 g/mol. The van der Waals surface area contributed by atoms with Crippen molar-refractivity contribution < 1.29 is 32.2 Å². The Balaban J connectivity index is 1.83. The predicted octanol–water partition coefficient (Wildman–Crippen LogP) is 6.16. The molecule has 0 saturated carbocycles. The molecule has 0 saturated heterocycles. The molecule has 1 N–H and O–H groups in total.